The highest BCUT2D eigenvalue weighted by Crippen LogP contribution is 2.35. The number of hydrogen-bond acceptors (Lipinski definition) is 4. The van der Waals surface area contributed by atoms with Crippen molar-refractivity contribution >= 4 is 15.8 Å². The summed E-state index contributed by atoms with van der Waals surface area (Å²) >= 11 is 0. The minimum Gasteiger partial charge on any atom is -0.368 e. The molecule has 2 aromatic rings. The summed E-state index contributed by atoms with van der Waals surface area (Å²) in [4.78, 5) is 4.87. The summed E-state index contributed by atoms with van der Waals surface area (Å²) in [5, 5.41) is 3.35. The Morgan fingerprint density at radius 1 is 1.19 bits per heavy atom. The van der Waals surface area contributed by atoms with Gasteiger partial charge in [-0.1, -0.05) is 37.1 Å². The van der Waals surface area contributed by atoms with Gasteiger partial charge in [-0.2, -0.15) is 4.31 Å². The highest BCUT2D eigenvalue weighted by atomic mass is 32.2. The van der Waals surface area contributed by atoms with E-state index in [1.165, 1.54) is 0 Å². The number of rotatable bonds is 6. The van der Waals surface area contributed by atoms with Gasteiger partial charge in [0.1, 0.15) is 5.82 Å². The molecule has 0 amide bonds. The lowest BCUT2D eigenvalue weighted by atomic mass is 9.99. The molecule has 1 saturated heterocycles. The maximum atomic E-state index is 13.2. The average Bonchev–Trinajstić information content (AvgIpc) is 2.69. The van der Waals surface area contributed by atoms with E-state index in [1.807, 2.05) is 37.4 Å². The first kappa shape index (κ1) is 19.8. The van der Waals surface area contributed by atoms with Crippen LogP contribution in [0.5, 0.6) is 0 Å². The zero-order chi connectivity index (χ0) is 19.4. The highest BCUT2D eigenvalue weighted by molar-refractivity contribution is 7.89. The van der Waals surface area contributed by atoms with Crippen LogP contribution in [0.2, 0.25) is 0 Å². The third-order valence-corrected chi connectivity index (χ3v) is 7.18. The molecule has 1 aliphatic heterocycles. The first-order valence-corrected chi connectivity index (χ1v) is 11.2. The third-order valence-electron chi connectivity index (χ3n) is 5.26. The molecule has 1 aliphatic rings. The summed E-state index contributed by atoms with van der Waals surface area (Å²) in [6, 6.07) is 11.3. The molecule has 2 atom stereocenters. The van der Waals surface area contributed by atoms with Crippen molar-refractivity contribution in [3.63, 3.8) is 0 Å². The van der Waals surface area contributed by atoms with E-state index in [0.29, 0.717) is 17.5 Å². The van der Waals surface area contributed by atoms with Gasteiger partial charge in [-0.3, -0.25) is 0 Å². The topological polar surface area (TPSA) is 62.3 Å². The van der Waals surface area contributed by atoms with E-state index >= 15 is 0 Å². The molecule has 1 fully saturated rings. The van der Waals surface area contributed by atoms with Crippen LogP contribution in [-0.4, -0.2) is 30.3 Å². The fourth-order valence-corrected chi connectivity index (χ4v) is 5.10. The average molecular weight is 388 g/mol. The van der Waals surface area contributed by atoms with Crippen LogP contribution in [-0.2, 0) is 10.0 Å². The van der Waals surface area contributed by atoms with Gasteiger partial charge in [0, 0.05) is 18.8 Å². The third kappa shape index (κ3) is 4.50. The number of hydrogen-bond donors (Lipinski definition) is 1. The Kier molecular flexibility index (Phi) is 6.17. The van der Waals surface area contributed by atoms with Gasteiger partial charge < -0.3 is 5.32 Å². The largest absolute Gasteiger partial charge is 0.368 e. The normalized spacial score (nSPS) is 19.6. The number of pyridine rings is 1. The van der Waals surface area contributed by atoms with Gasteiger partial charge in [-0.05, 0) is 56.9 Å². The second kappa shape index (κ2) is 8.40. The lowest BCUT2D eigenvalue weighted by Crippen LogP contribution is -2.38. The molecule has 27 heavy (non-hydrogen) atoms. The van der Waals surface area contributed by atoms with Gasteiger partial charge in [0.15, 0.2) is 0 Å². The molecule has 0 saturated carbocycles. The Hall–Kier alpha value is -1.92. The van der Waals surface area contributed by atoms with Gasteiger partial charge in [-0.25, -0.2) is 13.4 Å². The van der Waals surface area contributed by atoms with Crippen molar-refractivity contribution in [3.8, 4) is 0 Å². The number of nitrogens with zero attached hydrogens (tertiary/aromatic N) is 2. The predicted octanol–water partition coefficient (Wildman–Crippen LogP) is 4.52. The van der Waals surface area contributed by atoms with Gasteiger partial charge in [0.05, 0.1) is 10.9 Å². The fraction of sp³-hybridized carbons (Fsp3) is 0.476. The molecule has 2 heterocycles. The van der Waals surface area contributed by atoms with Crippen molar-refractivity contribution in [1.29, 1.82) is 0 Å². The van der Waals surface area contributed by atoms with Crippen LogP contribution in [0.15, 0.2) is 47.5 Å². The molecule has 0 aliphatic carbocycles. The van der Waals surface area contributed by atoms with Crippen LogP contribution in [0.1, 0.15) is 56.7 Å². The Morgan fingerprint density at radius 2 is 1.93 bits per heavy atom. The molecule has 0 radical (unpaired) electrons. The van der Waals surface area contributed by atoms with E-state index in [1.54, 1.807) is 16.4 Å². The number of sulfonamides is 1. The zero-order valence-electron chi connectivity index (χ0n) is 16.4. The second-order valence-corrected chi connectivity index (χ2v) is 9.26. The first-order valence-electron chi connectivity index (χ1n) is 9.73. The monoisotopic (exact) mass is 387 g/mol. The number of nitrogens with one attached hydrogen (secondary N) is 1. The Labute approximate surface area is 162 Å². The van der Waals surface area contributed by atoms with Crippen LogP contribution in [0, 0.1) is 6.92 Å². The van der Waals surface area contributed by atoms with Crippen molar-refractivity contribution < 1.29 is 8.42 Å². The molecule has 1 N–H and O–H groups in total. The van der Waals surface area contributed by atoms with Crippen molar-refractivity contribution in [2.45, 2.75) is 63.4 Å². The van der Waals surface area contributed by atoms with E-state index in [9.17, 15) is 8.42 Å². The van der Waals surface area contributed by atoms with Crippen LogP contribution in [0.3, 0.4) is 0 Å². The number of anilines is 1. The lowest BCUT2D eigenvalue weighted by molar-refractivity contribution is 0.255. The summed E-state index contributed by atoms with van der Waals surface area (Å²) in [5.74, 6) is 0.830. The van der Waals surface area contributed by atoms with Crippen molar-refractivity contribution in [2.75, 3.05) is 11.9 Å². The van der Waals surface area contributed by atoms with E-state index in [4.69, 9.17) is 0 Å². The zero-order valence-corrected chi connectivity index (χ0v) is 17.2. The molecular formula is C21H29N3O2S. The first-order chi connectivity index (χ1) is 12.9. The number of aromatic nitrogens is 1. The summed E-state index contributed by atoms with van der Waals surface area (Å²) < 4.78 is 28.1. The summed E-state index contributed by atoms with van der Waals surface area (Å²) in [6.45, 7) is 6.75. The molecule has 0 unspecified atom stereocenters. The summed E-state index contributed by atoms with van der Waals surface area (Å²) in [7, 11) is -3.52. The van der Waals surface area contributed by atoms with Crippen molar-refractivity contribution in [3.05, 3.63) is 53.7 Å². The van der Waals surface area contributed by atoms with Crippen LogP contribution < -0.4 is 5.32 Å². The molecule has 1 aromatic carbocycles. The molecule has 146 valence electrons. The maximum Gasteiger partial charge on any atom is 0.243 e. The molecule has 3 rings (SSSR count). The Bertz CT molecular complexity index is 848. The minimum atomic E-state index is -3.52. The summed E-state index contributed by atoms with van der Waals surface area (Å²) in [6.07, 6.45) is 5.58. The Balaban J connectivity index is 1.86. The standard InChI is InChI=1S/C21H29N3O2S/c1-4-17(3)23-21-13-10-18(15-22-21)20-7-5-6-14-24(20)27(25,26)19-11-8-16(2)9-12-19/h8-13,15,17,20H,4-7,14H2,1-3H3,(H,22,23)/t17-,20+/m0/s1. The molecular weight excluding hydrogens is 358 g/mol. The maximum absolute atomic E-state index is 13.2. The van der Waals surface area contributed by atoms with Crippen LogP contribution in [0.25, 0.3) is 0 Å². The molecule has 1 aromatic heterocycles. The predicted molar refractivity (Wildman–Crippen MR) is 109 cm³/mol. The van der Waals surface area contributed by atoms with Crippen LogP contribution >= 0.6 is 0 Å². The fourth-order valence-electron chi connectivity index (χ4n) is 3.41. The van der Waals surface area contributed by atoms with Crippen molar-refractivity contribution in [1.82, 2.24) is 9.29 Å². The van der Waals surface area contributed by atoms with E-state index in [-0.39, 0.29) is 6.04 Å². The minimum absolute atomic E-state index is 0.157. The van der Waals surface area contributed by atoms with E-state index in [0.717, 1.165) is 42.6 Å². The molecule has 5 nitrogen and oxygen atoms in total. The van der Waals surface area contributed by atoms with Gasteiger partial charge in [0.2, 0.25) is 10.0 Å². The quantitative estimate of drug-likeness (QED) is 0.792. The molecule has 6 heteroatoms. The summed E-state index contributed by atoms with van der Waals surface area (Å²) in [5.41, 5.74) is 2.01. The number of piperidine rings is 1. The Morgan fingerprint density at radius 3 is 2.56 bits per heavy atom. The number of aryl methyl sites for hydroxylation is 1. The second-order valence-electron chi connectivity index (χ2n) is 7.37. The molecule has 0 bridgehead atoms. The molecule has 0 spiro atoms. The van der Waals surface area contributed by atoms with Gasteiger partial charge in [0.25, 0.3) is 0 Å². The van der Waals surface area contributed by atoms with E-state index < -0.39 is 10.0 Å². The van der Waals surface area contributed by atoms with Gasteiger partial charge in [-0.15, -0.1) is 0 Å². The SMILES string of the molecule is CC[C@H](C)Nc1ccc([C@H]2CCCCN2S(=O)(=O)c2ccc(C)cc2)cn1. The smallest absolute Gasteiger partial charge is 0.243 e. The van der Waals surface area contributed by atoms with Crippen LogP contribution in [0.4, 0.5) is 5.82 Å². The van der Waals surface area contributed by atoms with Gasteiger partial charge >= 0.3 is 0 Å². The lowest BCUT2D eigenvalue weighted by Gasteiger charge is -2.35. The number of benzene rings is 1. The van der Waals surface area contributed by atoms with Crippen molar-refractivity contribution in [2.24, 2.45) is 0 Å². The van der Waals surface area contributed by atoms with E-state index in [2.05, 4.69) is 24.1 Å². The highest BCUT2D eigenvalue weighted by Gasteiger charge is 2.34.